The van der Waals surface area contributed by atoms with Crippen LogP contribution in [0.3, 0.4) is 0 Å². The molecule has 0 bridgehead atoms. The molecule has 2 nitrogen and oxygen atoms in total. The van der Waals surface area contributed by atoms with Crippen LogP contribution >= 0.6 is 12.2 Å². The lowest BCUT2D eigenvalue weighted by molar-refractivity contribution is 0.231. The molecule has 0 saturated carbocycles. The van der Waals surface area contributed by atoms with E-state index in [0.29, 0.717) is 12.1 Å². The molecule has 76 valence electrons. The number of rotatable bonds is 4. The van der Waals surface area contributed by atoms with Crippen LogP contribution in [0.2, 0.25) is 0 Å². The van der Waals surface area contributed by atoms with Gasteiger partial charge < -0.3 is 10.2 Å². The third-order valence-electron chi connectivity index (χ3n) is 2.91. The zero-order valence-corrected chi connectivity index (χ0v) is 9.66. The van der Waals surface area contributed by atoms with E-state index in [2.05, 4.69) is 31.1 Å². The molecule has 2 atom stereocenters. The van der Waals surface area contributed by atoms with Gasteiger partial charge in [-0.25, -0.2) is 0 Å². The molecule has 1 rings (SSSR count). The molecular formula is C10H20N2S. The maximum Gasteiger partial charge on any atom is 0.0273 e. The Bertz CT molecular complexity index is 182. The molecule has 2 unspecified atom stereocenters. The molecule has 1 saturated heterocycles. The summed E-state index contributed by atoms with van der Waals surface area (Å²) in [6.45, 7) is 6.56. The lowest BCUT2D eigenvalue weighted by Crippen LogP contribution is -2.39. The van der Waals surface area contributed by atoms with Gasteiger partial charge in [0, 0.05) is 30.0 Å². The lowest BCUT2D eigenvalue weighted by Gasteiger charge is -2.26. The standard InChI is InChI=1S/C10H20N2S/c1-4-8(2)12(3)7-9-5-10(13)6-11-9/h8-9,11H,4-7H2,1-3H3. The minimum atomic E-state index is 0.589. The van der Waals surface area contributed by atoms with E-state index in [4.69, 9.17) is 12.2 Å². The number of likely N-dealkylation sites (N-methyl/N-ethyl adjacent to an activating group) is 1. The van der Waals surface area contributed by atoms with Crippen molar-refractivity contribution in [2.75, 3.05) is 20.1 Å². The van der Waals surface area contributed by atoms with Crippen LogP contribution < -0.4 is 5.32 Å². The topological polar surface area (TPSA) is 15.3 Å². The summed E-state index contributed by atoms with van der Waals surface area (Å²) in [7, 11) is 2.19. The molecule has 0 aromatic heterocycles. The van der Waals surface area contributed by atoms with Crippen LogP contribution in [-0.4, -0.2) is 42.0 Å². The van der Waals surface area contributed by atoms with E-state index >= 15 is 0 Å². The Morgan fingerprint density at radius 3 is 2.85 bits per heavy atom. The fraction of sp³-hybridized carbons (Fsp3) is 0.900. The summed E-state index contributed by atoms with van der Waals surface area (Å²) in [5.41, 5.74) is 0. The molecule has 1 fully saturated rings. The van der Waals surface area contributed by atoms with Crippen LogP contribution in [0.5, 0.6) is 0 Å². The van der Waals surface area contributed by atoms with E-state index in [0.717, 1.165) is 19.5 Å². The van der Waals surface area contributed by atoms with Gasteiger partial charge in [-0.2, -0.15) is 0 Å². The third-order valence-corrected chi connectivity index (χ3v) is 3.22. The summed E-state index contributed by atoms with van der Waals surface area (Å²) in [5, 5.41) is 3.43. The Morgan fingerprint density at radius 2 is 2.38 bits per heavy atom. The number of thiocarbonyl (C=S) groups is 1. The maximum absolute atomic E-state index is 5.16. The number of hydrogen-bond donors (Lipinski definition) is 1. The molecule has 0 aromatic carbocycles. The van der Waals surface area contributed by atoms with Gasteiger partial charge in [-0.15, -0.1) is 0 Å². The second-order valence-corrected chi connectivity index (χ2v) is 4.59. The largest absolute Gasteiger partial charge is 0.308 e. The maximum atomic E-state index is 5.16. The van der Waals surface area contributed by atoms with Gasteiger partial charge in [0.2, 0.25) is 0 Å². The second kappa shape index (κ2) is 5.03. The molecular weight excluding hydrogens is 180 g/mol. The van der Waals surface area contributed by atoms with Crippen molar-refractivity contribution in [3.8, 4) is 0 Å². The molecule has 13 heavy (non-hydrogen) atoms. The lowest BCUT2D eigenvalue weighted by atomic mass is 10.1. The van der Waals surface area contributed by atoms with Gasteiger partial charge in [0.05, 0.1) is 0 Å². The predicted molar refractivity (Wildman–Crippen MR) is 61.4 cm³/mol. The Morgan fingerprint density at radius 1 is 1.69 bits per heavy atom. The fourth-order valence-electron chi connectivity index (χ4n) is 1.65. The molecule has 0 spiro atoms. The molecule has 1 aliphatic heterocycles. The highest BCUT2D eigenvalue weighted by Gasteiger charge is 2.20. The number of nitrogens with zero attached hydrogens (tertiary/aromatic N) is 1. The van der Waals surface area contributed by atoms with Crippen molar-refractivity contribution in [2.45, 2.75) is 38.8 Å². The third kappa shape index (κ3) is 3.33. The highest BCUT2D eigenvalue weighted by atomic mass is 32.1. The first-order chi connectivity index (χ1) is 6.13. The first-order valence-corrected chi connectivity index (χ1v) is 5.49. The van der Waals surface area contributed by atoms with Crippen LogP contribution in [-0.2, 0) is 0 Å². The van der Waals surface area contributed by atoms with Crippen LogP contribution in [0.15, 0.2) is 0 Å². The highest BCUT2D eigenvalue weighted by Crippen LogP contribution is 2.08. The van der Waals surface area contributed by atoms with E-state index in [9.17, 15) is 0 Å². The zero-order chi connectivity index (χ0) is 9.84. The Hall–Kier alpha value is 0.01000. The monoisotopic (exact) mass is 200 g/mol. The molecule has 3 heteroatoms. The minimum Gasteiger partial charge on any atom is -0.308 e. The van der Waals surface area contributed by atoms with Crippen molar-refractivity contribution < 1.29 is 0 Å². The number of hydrogen-bond acceptors (Lipinski definition) is 3. The average molecular weight is 200 g/mol. The van der Waals surface area contributed by atoms with Crippen LogP contribution in [0.1, 0.15) is 26.7 Å². The quantitative estimate of drug-likeness (QED) is 0.692. The van der Waals surface area contributed by atoms with Gasteiger partial charge >= 0.3 is 0 Å². The molecule has 0 amide bonds. The van der Waals surface area contributed by atoms with E-state index in [1.165, 1.54) is 11.3 Å². The fourth-order valence-corrected chi connectivity index (χ4v) is 1.93. The van der Waals surface area contributed by atoms with Gasteiger partial charge in [-0.1, -0.05) is 19.1 Å². The van der Waals surface area contributed by atoms with E-state index < -0.39 is 0 Å². The van der Waals surface area contributed by atoms with Gasteiger partial charge in [-0.3, -0.25) is 0 Å². The zero-order valence-electron chi connectivity index (χ0n) is 8.84. The Kier molecular flexibility index (Phi) is 4.29. The van der Waals surface area contributed by atoms with Crippen molar-refractivity contribution in [1.29, 1.82) is 0 Å². The van der Waals surface area contributed by atoms with Crippen molar-refractivity contribution in [2.24, 2.45) is 0 Å². The molecule has 1 heterocycles. The first kappa shape index (κ1) is 11.1. The van der Waals surface area contributed by atoms with Gasteiger partial charge in [0.1, 0.15) is 0 Å². The molecule has 0 aromatic rings. The van der Waals surface area contributed by atoms with Crippen molar-refractivity contribution in [3.05, 3.63) is 0 Å². The average Bonchev–Trinajstić information content (AvgIpc) is 2.49. The van der Waals surface area contributed by atoms with Gasteiger partial charge in [-0.05, 0) is 26.8 Å². The summed E-state index contributed by atoms with van der Waals surface area (Å²) in [4.78, 5) is 3.59. The van der Waals surface area contributed by atoms with Crippen molar-refractivity contribution >= 4 is 17.1 Å². The molecule has 1 aliphatic rings. The number of nitrogens with one attached hydrogen (secondary N) is 1. The van der Waals surface area contributed by atoms with Crippen LogP contribution in [0, 0.1) is 0 Å². The summed E-state index contributed by atoms with van der Waals surface area (Å²) < 4.78 is 0. The summed E-state index contributed by atoms with van der Waals surface area (Å²) in [6, 6.07) is 1.27. The van der Waals surface area contributed by atoms with Crippen molar-refractivity contribution in [3.63, 3.8) is 0 Å². The van der Waals surface area contributed by atoms with E-state index in [1.807, 2.05) is 0 Å². The molecule has 0 aliphatic carbocycles. The first-order valence-electron chi connectivity index (χ1n) is 5.08. The smallest absolute Gasteiger partial charge is 0.0273 e. The van der Waals surface area contributed by atoms with Crippen LogP contribution in [0.4, 0.5) is 0 Å². The molecule has 0 radical (unpaired) electrons. The van der Waals surface area contributed by atoms with E-state index in [1.54, 1.807) is 0 Å². The minimum absolute atomic E-state index is 0.589. The second-order valence-electron chi connectivity index (χ2n) is 4.02. The highest BCUT2D eigenvalue weighted by molar-refractivity contribution is 7.80. The normalized spacial score (nSPS) is 25.5. The van der Waals surface area contributed by atoms with Crippen molar-refractivity contribution in [1.82, 2.24) is 10.2 Å². The SMILES string of the molecule is CCC(C)N(C)CC1CC(=S)CN1. The molecule has 1 N–H and O–H groups in total. The van der Waals surface area contributed by atoms with Gasteiger partial charge in [0.15, 0.2) is 0 Å². The Labute approximate surface area is 86.7 Å². The predicted octanol–water partition coefficient (Wildman–Crippen LogP) is 1.45. The Balaban J connectivity index is 2.28. The van der Waals surface area contributed by atoms with Gasteiger partial charge in [0.25, 0.3) is 0 Å². The summed E-state index contributed by atoms with van der Waals surface area (Å²) >= 11 is 5.16. The van der Waals surface area contributed by atoms with Crippen LogP contribution in [0.25, 0.3) is 0 Å². The summed E-state index contributed by atoms with van der Waals surface area (Å²) in [5.74, 6) is 0. The van der Waals surface area contributed by atoms with E-state index in [-0.39, 0.29) is 0 Å². The summed E-state index contributed by atoms with van der Waals surface area (Å²) in [6.07, 6.45) is 2.30.